The van der Waals surface area contributed by atoms with Crippen LogP contribution in [0.3, 0.4) is 0 Å². The van der Waals surface area contributed by atoms with Gasteiger partial charge in [-0.3, -0.25) is 0 Å². The van der Waals surface area contributed by atoms with Crippen molar-refractivity contribution in [1.82, 2.24) is 9.78 Å². The van der Waals surface area contributed by atoms with Crippen LogP contribution in [0.25, 0.3) is 5.69 Å². The molecule has 3 rings (SSSR count). The molecule has 3 aromatic rings. The lowest BCUT2D eigenvalue weighted by Crippen LogP contribution is -2.17. The zero-order valence-corrected chi connectivity index (χ0v) is 14.3. The number of carbonyl (C=O) groups excluding carboxylic acids is 1. The van der Waals surface area contributed by atoms with E-state index in [-0.39, 0.29) is 5.69 Å². The molecule has 1 heterocycles. The molecule has 0 bridgehead atoms. The van der Waals surface area contributed by atoms with Gasteiger partial charge in [-0.25, -0.2) is 9.48 Å². The number of carbonyl (C=O) groups is 1. The number of halogens is 4. The van der Waals surface area contributed by atoms with Crippen molar-refractivity contribution in [3.8, 4) is 5.69 Å². The Bertz CT molecular complexity index is 985. The van der Waals surface area contributed by atoms with Gasteiger partial charge in [0.1, 0.15) is 5.56 Å². The van der Waals surface area contributed by atoms with E-state index in [4.69, 9.17) is 11.6 Å². The maximum atomic E-state index is 13.5. The molecule has 1 aromatic heterocycles. The molecule has 0 aliphatic carbocycles. The number of nitrogens with zero attached hydrogens (tertiary/aromatic N) is 3. The zero-order chi connectivity index (χ0) is 19.4. The van der Waals surface area contributed by atoms with Crippen LogP contribution in [0, 0.1) is 0 Å². The highest BCUT2D eigenvalue weighted by Gasteiger charge is 2.41. The number of hydrogen-bond acceptors (Lipinski definition) is 4. The first kappa shape index (κ1) is 18.7. The summed E-state index contributed by atoms with van der Waals surface area (Å²) in [4.78, 5) is 16.7. The van der Waals surface area contributed by atoms with E-state index in [0.29, 0.717) is 15.3 Å². The molecule has 0 fully saturated rings. The van der Waals surface area contributed by atoms with Crippen molar-refractivity contribution in [3.05, 3.63) is 82.6 Å². The highest BCUT2D eigenvalue weighted by Crippen LogP contribution is 2.34. The van der Waals surface area contributed by atoms with Crippen molar-refractivity contribution in [1.29, 1.82) is 0 Å². The third-order valence-electron chi connectivity index (χ3n) is 3.49. The Labute approximate surface area is 156 Å². The van der Waals surface area contributed by atoms with Gasteiger partial charge in [-0.15, -0.1) is 0 Å². The Morgan fingerprint density at radius 3 is 2.44 bits per heavy atom. The molecule has 0 aliphatic rings. The van der Waals surface area contributed by atoms with Crippen molar-refractivity contribution in [2.45, 2.75) is 6.18 Å². The summed E-state index contributed by atoms with van der Waals surface area (Å²) >= 11 is 5.92. The summed E-state index contributed by atoms with van der Waals surface area (Å²) < 4.78 is 41.1. The summed E-state index contributed by atoms with van der Waals surface area (Å²) in [7, 11) is 0. The van der Waals surface area contributed by atoms with Crippen LogP contribution in [0.15, 0.2) is 65.9 Å². The van der Waals surface area contributed by atoms with Crippen LogP contribution in [0.5, 0.6) is 0 Å². The van der Waals surface area contributed by atoms with Gasteiger partial charge in [0.25, 0.3) is 0 Å². The van der Waals surface area contributed by atoms with E-state index in [1.165, 1.54) is 12.1 Å². The number of aromatic nitrogens is 2. The fraction of sp³-hybridized carbons (Fsp3) is 0.0556. The van der Waals surface area contributed by atoms with Crippen LogP contribution in [0.4, 0.5) is 13.2 Å². The number of benzene rings is 2. The van der Waals surface area contributed by atoms with Crippen molar-refractivity contribution in [2.75, 3.05) is 0 Å². The van der Waals surface area contributed by atoms with E-state index in [2.05, 4.69) is 15.1 Å². The van der Waals surface area contributed by atoms with Gasteiger partial charge in [0.2, 0.25) is 0 Å². The summed E-state index contributed by atoms with van der Waals surface area (Å²) in [5, 5.41) is 7.45. The summed E-state index contributed by atoms with van der Waals surface area (Å²) in [6, 6.07) is 14.2. The van der Waals surface area contributed by atoms with Crippen LogP contribution in [0.1, 0.15) is 21.6 Å². The zero-order valence-electron chi connectivity index (χ0n) is 13.5. The molecule has 0 amide bonds. The molecule has 0 radical (unpaired) electrons. The molecule has 27 heavy (non-hydrogen) atoms. The highest BCUT2D eigenvalue weighted by molar-refractivity contribution is 6.33. The third-order valence-corrected chi connectivity index (χ3v) is 3.84. The molecular formula is C18H11ClF3N3O2. The Morgan fingerprint density at radius 2 is 1.78 bits per heavy atom. The second-order valence-corrected chi connectivity index (χ2v) is 5.69. The smallest absolute Gasteiger partial charge is 0.313 e. The molecule has 5 nitrogen and oxygen atoms in total. The lowest BCUT2D eigenvalue weighted by Gasteiger charge is -2.11. The molecule has 0 saturated carbocycles. The molecule has 9 heteroatoms. The van der Waals surface area contributed by atoms with Crippen LogP contribution in [0.2, 0.25) is 5.02 Å². The van der Waals surface area contributed by atoms with E-state index in [1.54, 1.807) is 42.5 Å². The summed E-state index contributed by atoms with van der Waals surface area (Å²) in [5.41, 5.74) is -1.39. The maximum absolute atomic E-state index is 13.5. The van der Waals surface area contributed by atoms with E-state index >= 15 is 0 Å². The molecule has 0 unspecified atom stereocenters. The van der Waals surface area contributed by atoms with Gasteiger partial charge in [-0.1, -0.05) is 53.2 Å². The molecular weight excluding hydrogens is 383 g/mol. The minimum absolute atomic E-state index is 0.156. The molecule has 0 spiro atoms. The molecule has 0 aliphatic heterocycles. The Kier molecular flexibility index (Phi) is 5.27. The Morgan fingerprint density at radius 1 is 1.11 bits per heavy atom. The summed E-state index contributed by atoms with van der Waals surface area (Å²) in [5.74, 6) is -1.28. The van der Waals surface area contributed by atoms with Gasteiger partial charge >= 0.3 is 12.1 Å². The van der Waals surface area contributed by atoms with E-state index in [0.717, 1.165) is 12.4 Å². The van der Waals surface area contributed by atoms with Crippen molar-refractivity contribution in [3.63, 3.8) is 0 Å². The highest BCUT2D eigenvalue weighted by atomic mass is 35.5. The lowest BCUT2D eigenvalue weighted by atomic mass is 10.2. The van der Waals surface area contributed by atoms with Gasteiger partial charge in [-0.05, 0) is 18.2 Å². The SMILES string of the molecule is O=C(ON=Cc1ccccc1Cl)c1cnn(-c2ccccc2)c1C(F)(F)F. The quantitative estimate of drug-likeness (QED) is 0.365. The van der Waals surface area contributed by atoms with Crippen LogP contribution >= 0.6 is 11.6 Å². The maximum Gasteiger partial charge on any atom is 0.434 e. The lowest BCUT2D eigenvalue weighted by molar-refractivity contribution is -0.143. The minimum Gasteiger partial charge on any atom is -0.313 e. The number of rotatable bonds is 4. The average Bonchev–Trinajstić information content (AvgIpc) is 3.10. The normalized spacial score (nSPS) is 11.7. The molecule has 2 aromatic carbocycles. The van der Waals surface area contributed by atoms with Crippen LogP contribution < -0.4 is 0 Å². The van der Waals surface area contributed by atoms with Crippen molar-refractivity contribution >= 4 is 23.8 Å². The molecule has 0 N–H and O–H groups in total. The first-order valence-corrected chi connectivity index (χ1v) is 7.95. The Hall–Kier alpha value is -3.13. The van der Waals surface area contributed by atoms with E-state index < -0.39 is 23.4 Å². The fourth-order valence-corrected chi connectivity index (χ4v) is 2.48. The standard InChI is InChI=1S/C18H11ClF3N3O2/c19-15-9-5-4-6-12(15)10-24-27-17(26)14-11-23-25(16(14)18(20,21)22)13-7-2-1-3-8-13/h1-11H. The van der Waals surface area contributed by atoms with Gasteiger partial charge in [-0.2, -0.15) is 18.3 Å². The Balaban J connectivity index is 1.89. The van der Waals surface area contributed by atoms with E-state index in [1.807, 2.05) is 0 Å². The summed E-state index contributed by atoms with van der Waals surface area (Å²) in [6.07, 6.45) is -2.90. The summed E-state index contributed by atoms with van der Waals surface area (Å²) in [6.45, 7) is 0. The second kappa shape index (κ2) is 7.63. The van der Waals surface area contributed by atoms with Gasteiger partial charge in [0.15, 0.2) is 5.69 Å². The number of alkyl halides is 3. The number of hydrogen-bond donors (Lipinski definition) is 0. The van der Waals surface area contributed by atoms with Crippen LogP contribution in [-0.4, -0.2) is 22.0 Å². The second-order valence-electron chi connectivity index (χ2n) is 5.29. The third kappa shape index (κ3) is 4.17. The minimum atomic E-state index is -4.83. The van der Waals surface area contributed by atoms with Gasteiger partial charge < -0.3 is 4.84 Å². The predicted molar refractivity (Wildman–Crippen MR) is 93.0 cm³/mol. The van der Waals surface area contributed by atoms with Gasteiger partial charge in [0.05, 0.1) is 18.1 Å². The largest absolute Gasteiger partial charge is 0.434 e. The predicted octanol–water partition coefficient (Wildman–Crippen LogP) is 4.74. The average molecular weight is 394 g/mol. The van der Waals surface area contributed by atoms with Crippen LogP contribution in [-0.2, 0) is 11.0 Å². The first-order chi connectivity index (χ1) is 12.9. The molecule has 138 valence electrons. The molecule has 0 atom stereocenters. The van der Waals surface area contributed by atoms with Crippen molar-refractivity contribution in [2.24, 2.45) is 5.16 Å². The number of oxime groups is 1. The topological polar surface area (TPSA) is 56.5 Å². The van der Waals surface area contributed by atoms with Crippen molar-refractivity contribution < 1.29 is 22.8 Å². The first-order valence-electron chi connectivity index (χ1n) is 7.58. The fourth-order valence-electron chi connectivity index (χ4n) is 2.30. The monoisotopic (exact) mass is 393 g/mol. The molecule has 0 saturated heterocycles. The number of para-hydroxylation sites is 1. The van der Waals surface area contributed by atoms with E-state index in [9.17, 15) is 18.0 Å². The van der Waals surface area contributed by atoms with Gasteiger partial charge in [0, 0.05) is 10.6 Å².